The molecule has 0 aromatic carbocycles. The Morgan fingerprint density at radius 1 is 0.903 bits per heavy atom. The molecule has 1 aliphatic heterocycles. The van der Waals surface area contributed by atoms with Crippen molar-refractivity contribution in [1.29, 1.82) is 0 Å². The molecule has 8 heteroatoms. The molecule has 8 nitrogen and oxygen atoms in total. The molecule has 5 aromatic heterocycles. The minimum atomic E-state index is 0.695. The molecule has 0 spiro atoms. The SMILES string of the molecule is Cc1ccncc1-c1ccc2[nH]nc(-c3nc4c(N5CCCCC5)nccc4[nH]3)c2n1. The molecule has 154 valence electrons. The van der Waals surface area contributed by atoms with Crippen LogP contribution in [0.3, 0.4) is 0 Å². The quantitative estimate of drug-likeness (QED) is 0.461. The summed E-state index contributed by atoms with van der Waals surface area (Å²) in [6.45, 7) is 4.11. The summed E-state index contributed by atoms with van der Waals surface area (Å²) < 4.78 is 0. The molecular formula is C23H22N8. The van der Waals surface area contributed by atoms with Gasteiger partial charge < -0.3 is 9.88 Å². The molecule has 5 aromatic rings. The maximum atomic E-state index is 4.91. The zero-order valence-electron chi connectivity index (χ0n) is 17.3. The van der Waals surface area contributed by atoms with Crippen LogP contribution in [0.1, 0.15) is 24.8 Å². The lowest BCUT2D eigenvalue weighted by atomic mass is 10.1. The number of pyridine rings is 3. The Bertz CT molecular complexity index is 1390. The number of hydrogen-bond donors (Lipinski definition) is 2. The van der Waals surface area contributed by atoms with Gasteiger partial charge in [-0.25, -0.2) is 15.0 Å². The lowest BCUT2D eigenvalue weighted by Crippen LogP contribution is -2.30. The van der Waals surface area contributed by atoms with Crippen LogP contribution in [0.5, 0.6) is 0 Å². The molecule has 31 heavy (non-hydrogen) atoms. The van der Waals surface area contributed by atoms with Gasteiger partial charge in [0.05, 0.1) is 16.7 Å². The average Bonchev–Trinajstić information content (AvgIpc) is 3.43. The fourth-order valence-electron chi connectivity index (χ4n) is 4.32. The van der Waals surface area contributed by atoms with Gasteiger partial charge in [-0.05, 0) is 56.0 Å². The predicted octanol–water partition coefficient (Wildman–Crippen LogP) is 4.26. The first kappa shape index (κ1) is 18.0. The molecule has 0 bridgehead atoms. The van der Waals surface area contributed by atoms with Crippen molar-refractivity contribution in [2.45, 2.75) is 26.2 Å². The number of aromatic nitrogens is 7. The van der Waals surface area contributed by atoms with Crippen LogP contribution in [0.25, 0.3) is 44.8 Å². The molecule has 2 N–H and O–H groups in total. The zero-order valence-corrected chi connectivity index (χ0v) is 17.3. The van der Waals surface area contributed by atoms with Crippen LogP contribution in [-0.2, 0) is 0 Å². The summed E-state index contributed by atoms with van der Waals surface area (Å²) in [5.74, 6) is 1.64. The standard InChI is InChI=1S/C23H22N8/c1-14-7-9-24-13-15(14)16-5-6-18-19(26-16)21(30-29-18)22-27-17-8-10-25-23(20(17)28-22)31-11-3-2-4-12-31/h5-10,13H,2-4,11-12H2,1H3,(H,27,28)(H,29,30). The van der Waals surface area contributed by atoms with Gasteiger partial charge in [0, 0.05) is 37.2 Å². The summed E-state index contributed by atoms with van der Waals surface area (Å²) in [6, 6.07) is 7.95. The van der Waals surface area contributed by atoms with Gasteiger partial charge in [-0.15, -0.1) is 0 Å². The van der Waals surface area contributed by atoms with Crippen LogP contribution in [0, 0.1) is 6.92 Å². The first-order valence-electron chi connectivity index (χ1n) is 10.6. The Morgan fingerprint density at radius 3 is 2.68 bits per heavy atom. The number of piperidine rings is 1. The van der Waals surface area contributed by atoms with E-state index in [1.807, 2.05) is 36.7 Å². The highest BCUT2D eigenvalue weighted by molar-refractivity contribution is 5.94. The van der Waals surface area contributed by atoms with Crippen LogP contribution in [0.15, 0.2) is 42.9 Å². The second-order valence-corrected chi connectivity index (χ2v) is 8.02. The molecule has 0 radical (unpaired) electrons. The number of anilines is 1. The lowest BCUT2D eigenvalue weighted by molar-refractivity contribution is 0.574. The van der Waals surface area contributed by atoms with E-state index >= 15 is 0 Å². The highest BCUT2D eigenvalue weighted by Gasteiger charge is 2.20. The number of H-pyrrole nitrogens is 2. The molecule has 0 atom stereocenters. The summed E-state index contributed by atoms with van der Waals surface area (Å²) in [7, 11) is 0. The third-order valence-corrected chi connectivity index (χ3v) is 5.98. The number of aryl methyl sites for hydroxylation is 1. The number of fused-ring (bicyclic) bond motifs is 2. The number of nitrogens with zero attached hydrogens (tertiary/aromatic N) is 6. The van der Waals surface area contributed by atoms with Gasteiger partial charge in [-0.3, -0.25) is 10.1 Å². The summed E-state index contributed by atoms with van der Waals surface area (Å²) in [5, 5.41) is 7.62. The predicted molar refractivity (Wildman–Crippen MR) is 121 cm³/mol. The van der Waals surface area contributed by atoms with Crippen molar-refractivity contribution in [1.82, 2.24) is 35.1 Å². The van der Waals surface area contributed by atoms with Crippen molar-refractivity contribution in [3.05, 3.63) is 48.4 Å². The maximum absolute atomic E-state index is 4.91. The smallest absolute Gasteiger partial charge is 0.161 e. The van der Waals surface area contributed by atoms with Crippen molar-refractivity contribution in [3.8, 4) is 22.8 Å². The topological polar surface area (TPSA) is 99.3 Å². The maximum Gasteiger partial charge on any atom is 0.161 e. The van der Waals surface area contributed by atoms with Gasteiger partial charge in [0.25, 0.3) is 0 Å². The van der Waals surface area contributed by atoms with E-state index in [9.17, 15) is 0 Å². The second kappa shape index (κ2) is 7.16. The van der Waals surface area contributed by atoms with E-state index in [1.165, 1.54) is 19.3 Å². The van der Waals surface area contributed by atoms with E-state index in [0.29, 0.717) is 11.5 Å². The third kappa shape index (κ3) is 3.02. The van der Waals surface area contributed by atoms with Crippen LogP contribution >= 0.6 is 0 Å². The highest BCUT2D eigenvalue weighted by Crippen LogP contribution is 2.31. The van der Waals surface area contributed by atoms with Crippen LogP contribution < -0.4 is 4.90 Å². The van der Waals surface area contributed by atoms with Gasteiger partial charge >= 0.3 is 0 Å². The van der Waals surface area contributed by atoms with Crippen molar-refractivity contribution < 1.29 is 0 Å². The Balaban J connectivity index is 1.47. The van der Waals surface area contributed by atoms with Crippen molar-refractivity contribution >= 4 is 27.9 Å². The second-order valence-electron chi connectivity index (χ2n) is 8.02. The van der Waals surface area contributed by atoms with Gasteiger partial charge in [-0.1, -0.05) is 0 Å². The summed E-state index contributed by atoms with van der Waals surface area (Å²) in [6.07, 6.45) is 9.16. The molecule has 0 aliphatic carbocycles. The molecular weight excluding hydrogens is 388 g/mol. The molecule has 0 amide bonds. The first-order valence-corrected chi connectivity index (χ1v) is 10.6. The fraction of sp³-hybridized carbons (Fsp3) is 0.261. The number of nitrogens with one attached hydrogen (secondary N) is 2. The van der Waals surface area contributed by atoms with E-state index in [1.54, 1.807) is 6.20 Å². The molecule has 1 saturated heterocycles. The normalized spacial score (nSPS) is 14.5. The van der Waals surface area contributed by atoms with Gasteiger partial charge in [-0.2, -0.15) is 5.10 Å². The number of imidazole rings is 1. The first-order chi connectivity index (χ1) is 15.3. The third-order valence-electron chi connectivity index (χ3n) is 5.98. The lowest BCUT2D eigenvalue weighted by Gasteiger charge is -2.27. The highest BCUT2D eigenvalue weighted by atomic mass is 15.2. The van der Waals surface area contributed by atoms with Gasteiger partial charge in [0.2, 0.25) is 0 Å². The van der Waals surface area contributed by atoms with E-state index in [-0.39, 0.29) is 0 Å². The molecule has 0 saturated carbocycles. The van der Waals surface area contributed by atoms with Crippen molar-refractivity contribution in [3.63, 3.8) is 0 Å². The van der Waals surface area contributed by atoms with E-state index in [2.05, 4.69) is 37.0 Å². The van der Waals surface area contributed by atoms with Gasteiger partial charge in [0.1, 0.15) is 11.0 Å². The summed E-state index contributed by atoms with van der Waals surface area (Å²) >= 11 is 0. The van der Waals surface area contributed by atoms with Crippen LogP contribution in [0.2, 0.25) is 0 Å². The van der Waals surface area contributed by atoms with Crippen molar-refractivity contribution in [2.24, 2.45) is 0 Å². The summed E-state index contributed by atoms with van der Waals surface area (Å²) in [4.78, 5) is 24.5. The molecule has 6 rings (SSSR count). The van der Waals surface area contributed by atoms with Gasteiger partial charge in [0.15, 0.2) is 17.3 Å². The molecule has 0 unspecified atom stereocenters. The van der Waals surface area contributed by atoms with E-state index in [0.717, 1.165) is 57.8 Å². The fourth-order valence-corrected chi connectivity index (χ4v) is 4.32. The Labute approximate surface area is 178 Å². The average molecular weight is 410 g/mol. The minimum absolute atomic E-state index is 0.695. The number of hydrogen-bond acceptors (Lipinski definition) is 6. The summed E-state index contributed by atoms with van der Waals surface area (Å²) in [5.41, 5.74) is 7.22. The van der Waals surface area contributed by atoms with E-state index in [4.69, 9.17) is 9.97 Å². The van der Waals surface area contributed by atoms with Crippen molar-refractivity contribution in [2.75, 3.05) is 18.0 Å². The molecule has 1 aliphatic rings. The Kier molecular flexibility index (Phi) is 4.15. The van der Waals surface area contributed by atoms with Crippen LogP contribution in [0.4, 0.5) is 5.82 Å². The monoisotopic (exact) mass is 410 g/mol. The minimum Gasteiger partial charge on any atom is -0.355 e. The molecule has 1 fully saturated rings. The molecule has 6 heterocycles. The Hall–Kier alpha value is -3.81. The zero-order chi connectivity index (χ0) is 20.8. The van der Waals surface area contributed by atoms with Crippen LogP contribution in [-0.4, -0.2) is 48.2 Å². The Morgan fingerprint density at radius 2 is 1.81 bits per heavy atom. The number of aromatic amines is 2. The largest absolute Gasteiger partial charge is 0.355 e. The van der Waals surface area contributed by atoms with E-state index < -0.39 is 0 Å². The number of rotatable bonds is 3.